The quantitative estimate of drug-likeness (QED) is 0.905. The molecule has 1 fully saturated rings. The number of rotatable bonds is 3. The fourth-order valence-corrected chi connectivity index (χ4v) is 2.85. The Morgan fingerprint density at radius 1 is 1.33 bits per heavy atom. The lowest BCUT2D eigenvalue weighted by atomic mass is 10.1. The average molecular weight is 328 g/mol. The normalized spacial score (nSPS) is 18.2. The number of likely N-dealkylation sites (tertiary alicyclic amines) is 1. The lowest BCUT2D eigenvalue weighted by Crippen LogP contribution is -2.43. The highest BCUT2D eigenvalue weighted by molar-refractivity contribution is 5.93. The van der Waals surface area contributed by atoms with Crippen LogP contribution in [-0.2, 0) is 4.79 Å². The smallest absolute Gasteiger partial charge is 0.250 e. The number of nitrogens with two attached hydrogens (primary N) is 1. The number of carbonyl (C=O) groups is 2. The SMILES string of the molecule is CC(C)(C)N1CCC(n2cc(-c3cncc(C(N)=O)c3)nn2)C1=O. The minimum atomic E-state index is -0.552. The molecule has 1 saturated heterocycles. The highest BCUT2D eigenvalue weighted by Crippen LogP contribution is 2.29. The lowest BCUT2D eigenvalue weighted by molar-refractivity contribution is -0.134. The van der Waals surface area contributed by atoms with Gasteiger partial charge in [-0.2, -0.15) is 0 Å². The van der Waals surface area contributed by atoms with E-state index in [2.05, 4.69) is 15.3 Å². The van der Waals surface area contributed by atoms with Crippen LogP contribution >= 0.6 is 0 Å². The third-order valence-electron chi connectivity index (χ3n) is 4.14. The van der Waals surface area contributed by atoms with Crippen molar-refractivity contribution >= 4 is 11.8 Å². The summed E-state index contributed by atoms with van der Waals surface area (Å²) >= 11 is 0. The predicted octanol–water partition coefficient (Wildman–Crippen LogP) is 1.01. The molecular formula is C16H20N6O2. The number of hydrogen-bond acceptors (Lipinski definition) is 5. The molecule has 126 valence electrons. The first-order valence-corrected chi connectivity index (χ1v) is 7.76. The maximum absolute atomic E-state index is 12.6. The molecule has 3 rings (SSSR count). The minimum Gasteiger partial charge on any atom is -0.366 e. The monoisotopic (exact) mass is 328 g/mol. The number of nitrogens with zero attached hydrogens (tertiary/aromatic N) is 5. The first-order valence-electron chi connectivity index (χ1n) is 7.76. The van der Waals surface area contributed by atoms with Gasteiger partial charge in [0.15, 0.2) is 0 Å². The summed E-state index contributed by atoms with van der Waals surface area (Å²) in [5, 5.41) is 8.19. The number of carbonyl (C=O) groups excluding carboxylic acids is 2. The van der Waals surface area contributed by atoms with Crippen LogP contribution in [0.15, 0.2) is 24.7 Å². The van der Waals surface area contributed by atoms with E-state index in [0.29, 0.717) is 29.8 Å². The molecule has 3 heterocycles. The number of primary amides is 1. The second kappa shape index (κ2) is 5.70. The van der Waals surface area contributed by atoms with E-state index in [4.69, 9.17) is 5.73 Å². The third kappa shape index (κ3) is 2.86. The Morgan fingerprint density at radius 3 is 2.71 bits per heavy atom. The molecule has 1 atom stereocenters. The van der Waals surface area contributed by atoms with E-state index in [9.17, 15) is 9.59 Å². The van der Waals surface area contributed by atoms with Gasteiger partial charge >= 0.3 is 0 Å². The van der Waals surface area contributed by atoms with Gasteiger partial charge < -0.3 is 10.6 Å². The Kier molecular flexibility index (Phi) is 3.82. The number of hydrogen-bond donors (Lipinski definition) is 1. The molecule has 1 aliphatic heterocycles. The van der Waals surface area contributed by atoms with Crippen molar-refractivity contribution in [3.8, 4) is 11.3 Å². The van der Waals surface area contributed by atoms with Crippen LogP contribution in [0.25, 0.3) is 11.3 Å². The molecule has 8 nitrogen and oxygen atoms in total. The molecule has 2 N–H and O–H groups in total. The zero-order chi connectivity index (χ0) is 17.5. The Bertz CT molecular complexity index is 792. The van der Waals surface area contributed by atoms with Crippen LogP contribution in [0.1, 0.15) is 43.6 Å². The zero-order valence-corrected chi connectivity index (χ0v) is 13.9. The van der Waals surface area contributed by atoms with Crippen LogP contribution in [0.3, 0.4) is 0 Å². The van der Waals surface area contributed by atoms with Crippen molar-refractivity contribution in [1.82, 2.24) is 24.9 Å². The topological polar surface area (TPSA) is 107 Å². The molecule has 24 heavy (non-hydrogen) atoms. The summed E-state index contributed by atoms with van der Waals surface area (Å²) in [6, 6.07) is 1.26. The molecule has 0 spiro atoms. The summed E-state index contributed by atoms with van der Waals surface area (Å²) in [7, 11) is 0. The van der Waals surface area contributed by atoms with Gasteiger partial charge in [0.05, 0.1) is 11.8 Å². The molecule has 0 aromatic carbocycles. The zero-order valence-electron chi connectivity index (χ0n) is 13.9. The van der Waals surface area contributed by atoms with E-state index in [-0.39, 0.29) is 17.5 Å². The molecule has 0 radical (unpaired) electrons. The molecule has 8 heteroatoms. The fourth-order valence-electron chi connectivity index (χ4n) is 2.85. The van der Waals surface area contributed by atoms with Gasteiger partial charge in [0, 0.05) is 30.0 Å². The minimum absolute atomic E-state index is 0.0444. The van der Waals surface area contributed by atoms with Gasteiger partial charge in [0.25, 0.3) is 0 Å². The summed E-state index contributed by atoms with van der Waals surface area (Å²) < 4.78 is 1.58. The van der Waals surface area contributed by atoms with E-state index in [1.165, 1.54) is 6.20 Å². The maximum Gasteiger partial charge on any atom is 0.250 e. The van der Waals surface area contributed by atoms with E-state index < -0.39 is 5.91 Å². The van der Waals surface area contributed by atoms with E-state index in [1.807, 2.05) is 25.7 Å². The van der Waals surface area contributed by atoms with Crippen molar-refractivity contribution in [2.24, 2.45) is 5.73 Å². The number of amides is 2. The van der Waals surface area contributed by atoms with Gasteiger partial charge in [0.2, 0.25) is 11.8 Å². The predicted molar refractivity (Wildman–Crippen MR) is 86.9 cm³/mol. The van der Waals surface area contributed by atoms with E-state index >= 15 is 0 Å². The first-order chi connectivity index (χ1) is 11.3. The van der Waals surface area contributed by atoms with Gasteiger partial charge in [-0.1, -0.05) is 5.21 Å². The molecule has 1 unspecified atom stereocenters. The molecular weight excluding hydrogens is 308 g/mol. The highest BCUT2D eigenvalue weighted by Gasteiger charge is 2.39. The summed E-state index contributed by atoms with van der Waals surface area (Å²) in [5.74, 6) is -0.508. The van der Waals surface area contributed by atoms with Crippen molar-refractivity contribution < 1.29 is 9.59 Å². The van der Waals surface area contributed by atoms with Crippen molar-refractivity contribution in [3.05, 3.63) is 30.2 Å². The van der Waals surface area contributed by atoms with Crippen molar-refractivity contribution in [2.45, 2.75) is 38.8 Å². The molecule has 2 aromatic rings. The van der Waals surface area contributed by atoms with Crippen LogP contribution in [0.5, 0.6) is 0 Å². The summed E-state index contributed by atoms with van der Waals surface area (Å²) in [6.45, 7) is 6.74. The van der Waals surface area contributed by atoms with Crippen LogP contribution in [-0.4, -0.2) is 48.8 Å². The Hall–Kier alpha value is -2.77. The van der Waals surface area contributed by atoms with E-state index in [1.54, 1.807) is 23.1 Å². The summed E-state index contributed by atoms with van der Waals surface area (Å²) in [4.78, 5) is 29.7. The summed E-state index contributed by atoms with van der Waals surface area (Å²) in [5.41, 5.74) is 6.54. The Balaban J connectivity index is 1.86. The molecule has 2 aromatic heterocycles. The number of aromatic nitrogens is 4. The average Bonchev–Trinajstić information content (AvgIpc) is 3.13. The Labute approximate surface area is 139 Å². The van der Waals surface area contributed by atoms with Crippen molar-refractivity contribution in [1.29, 1.82) is 0 Å². The van der Waals surface area contributed by atoms with Crippen molar-refractivity contribution in [2.75, 3.05) is 6.54 Å². The van der Waals surface area contributed by atoms with Gasteiger partial charge in [-0.25, -0.2) is 4.68 Å². The fraction of sp³-hybridized carbons (Fsp3) is 0.438. The van der Waals surface area contributed by atoms with Crippen molar-refractivity contribution in [3.63, 3.8) is 0 Å². The molecule has 0 bridgehead atoms. The second-order valence-corrected chi connectivity index (χ2v) is 6.88. The number of pyridine rings is 1. The molecule has 2 amide bonds. The standard InChI is InChI=1S/C16H20N6O2/c1-16(2,3)21-5-4-13(15(21)24)22-9-12(19-20-22)10-6-11(14(17)23)8-18-7-10/h6-9,13H,4-5H2,1-3H3,(H2,17,23). The van der Waals surface area contributed by atoms with Crippen LogP contribution in [0.2, 0.25) is 0 Å². The highest BCUT2D eigenvalue weighted by atomic mass is 16.2. The second-order valence-electron chi connectivity index (χ2n) is 6.88. The van der Waals surface area contributed by atoms with E-state index in [0.717, 1.165) is 0 Å². The van der Waals surface area contributed by atoms with Crippen LogP contribution in [0.4, 0.5) is 0 Å². The maximum atomic E-state index is 12.6. The molecule has 0 saturated carbocycles. The van der Waals surface area contributed by atoms with Crippen LogP contribution < -0.4 is 5.73 Å². The molecule has 1 aliphatic rings. The largest absolute Gasteiger partial charge is 0.366 e. The Morgan fingerprint density at radius 2 is 2.08 bits per heavy atom. The first kappa shape index (κ1) is 16.1. The van der Waals surface area contributed by atoms with Gasteiger partial charge in [-0.05, 0) is 33.3 Å². The summed E-state index contributed by atoms with van der Waals surface area (Å²) in [6.07, 6.45) is 5.38. The lowest BCUT2D eigenvalue weighted by Gasteiger charge is -2.31. The molecule has 0 aliphatic carbocycles. The van der Waals surface area contributed by atoms with Gasteiger partial charge in [-0.3, -0.25) is 14.6 Å². The van der Waals surface area contributed by atoms with Gasteiger partial charge in [0.1, 0.15) is 11.7 Å². The van der Waals surface area contributed by atoms with Gasteiger partial charge in [-0.15, -0.1) is 5.10 Å². The van der Waals surface area contributed by atoms with Crippen LogP contribution in [0, 0.1) is 0 Å². The third-order valence-corrected chi connectivity index (χ3v) is 4.14.